The third-order valence-corrected chi connectivity index (χ3v) is 2.39. The Morgan fingerprint density at radius 2 is 2.38 bits per heavy atom. The SMILES string of the molecule is NNc1ncc([N+](=O)[O-])c(OC2CCC2)n1. The van der Waals surface area contributed by atoms with E-state index in [1.165, 1.54) is 0 Å². The normalized spacial score (nSPS) is 15.3. The Morgan fingerprint density at radius 3 is 2.88 bits per heavy atom. The maximum atomic E-state index is 10.7. The molecule has 1 aliphatic carbocycles. The van der Waals surface area contributed by atoms with E-state index in [4.69, 9.17) is 10.6 Å². The summed E-state index contributed by atoms with van der Waals surface area (Å²) in [7, 11) is 0. The van der Waals surface area contributed by atoms with Gasteiger partial charge in [-0.05, 0) is 19.3 Å². The van der Waals surface area contributed by atoms with E-state index in [1.807, 2.05) is 0 Å². The lowest BCUT2D eigenvalue weighted by Crippen LogP contribution is -2.25. The molecule has 0 saturated heterocycles. The van der Waals surface area contributed by atoms with Gasteiger partial charge < -0.3 is 4.74 Å². The summed E-state index contributed by atoms with van der Waals surface area (Å²) in [6, 6.07) is 0. The zero-order valence-corrected chi connectivity index (χ0v) is 8.42. The molecule has 1 saturated carbocycles. The molecule has 16 heavy (non-hydrogen) atoms. The molecule has 1 fully saturated rings. The second kappa shape index (κ2) is 4.27. The van der Waals surface area contributed by atoms with E-state index in [0.717, 1.165) is 25.5 Å². The molecule has 0 aliphatic heterocycles. The minimum Gasteiger partial charge on any atom is -0.469 e. The lowest BCUT2D eigenvalue weighted by Gasteiger charge is -2.25. The molecule has 3 N–H and O–H groups in total. The summed E-state index contributed by atoms with van der Waals surface area (Å²) >= 11 is 0. The first-order valence-corrected chi connectivity index (χ1v) is 4.85. The van der Waals surface area contributed by atoms with Crippen molar-refractivity contribution in [3.63, 3.8) is 0 Å². The van der Waals surface area contributed by atoms with Gasteiger partial charge in [0.05, 0.1) is 4.92 Å². The molecule has 8 heteroatoms. The highest BCUT2D eigenvalue weighted by Gasteiger charge is 2.25. The van der Waals surface area contributed by atoms with E-state index in [2.05, 4.69) is 15.4 Å². The molecule has 1 aromatic rings. The third-order valence-electron chi connectivity index (χ3n) is 2.39. The zero-order chi connectivity index (χ0) is 11.5. The molecular formula is C8H11N5O3. The van der Waals surface area contributed by atoms with Crippen molar-refractivity contribution < 1.29 is 9.66 Å². The Labute approximate surface area is 91.0 Å². The summed E-state index contributed by atoms with van der Waals surface area (Å²) in [4.78, 5) is 17.6. The summed E-state index contributed by atoms with van der Waals surface area (Å²) in [6.07, 6.45) is 3.96. The number of hydrogen-bond acceptors (Lipinski definition) is 7. The van der Waals surface area contributed by atoms with Crippen molar-refractivity contribution >= 4 is 11.6 Å². The van der Waals surface area contributed by atoms with Crippen LogP contribution in [0.3, 0.4) is 0 Å². The van der Waals surface area contributed by atoms with Gasteiger partial charge in [-0.15, -0.1) is 0 Å². The topological polar surface area (TPSA) is 116 Å². The van der Waals surface area contributed by atoms with Crippen LogP contribution in [-0.4, -0.2) is 21.0 Å². The van der Waals surface area contributed by atoms with Crippen LogP contribution in [0.5, 0.6) is 5.88 Å². The molecule has 1 aliphatic rings. The monoisotopic (exact) mass is 225 g/mol. The van der Waals surface area contributed by atoms with Gasteiger partial charge in [0.25, 0.3) is 5.88 Å². The number of nitrogens with one attached hydrogen (secondary N) is 1. The molecule has 0 amide bonds. The fraction of sp³-hybridized carbons (Fsp3) is 0.500. The highest BCUT2D eigenvalue weighted by atomic mass is 16.6. The maximum Gasteiger partial charge on any atom is 0.349 e. The number of aromatic nitrogens is 2. The number of nitrogens with zero attached hydrogens (tertiary/aromatic N) is 3. The lowest BCUT2D eigenvalue weighted by molar-refractivity contribution is -0.386. The van der Waals surface area contributed by atoms with Crippen LogP contribution in [-0.2, 0) is 0 Å². The Kier molecular flexibility index (Phi) is 2.82. The molecule has 0 atom stereocenters. The number of nitro groups is 1. The van der Waals surface area contributed by atoms with Gasteiger partial charge in [0.15, 0.2) is 0 Å². The minimum absolute atomic E-state index is 0.0132. The van der Waals surface area contributed by atoms with E-state index in [1.54, 1.807) is 0 Å². The van der Waals surface area contributed by atoms with Crippen molar-refractivity contribution in [2.45, 2.75) is 25.4 Å². The van der Waals surface area contributed by atoms with Crippen LogP contribution in [0.1, 0.15) is 19.3 Å². The van der Waals surface area contributed by atoms with Crippen molar-refractivity contribution in [2.24, 2.45) is 5.84 Å². The highest BCUT2D eigenvalue weighted by Crippen LogP contribution is 2.30. The first-order valence-electron chi connectivity index (χ1n) is 4.85. The lowest BCUT2D eigenvalue weighted by atomic mass is 9.96. The fourth-order valence-corrected chi connectivity index (χ4v) is 1.29. The Hall–Kier alpha value is -1.96. The molecule has 0 aromatic carbocycles. The zero-order valence-electron chi connectivity index (χ0n) is 8.42. The van der Waals surface area contributed by atoms with Crippen molar-refractivity contribution in [2.75, 3.05) is 5.43 Å². The van der Waals surface area contributed by atoms with E-state index in [0.29, 0.717) is 0 Å². The van der Waals surface area contributed by atoms with E-state index >= 15 is 0 Å². The maximum absolute atomic E-state index is 10.7. The second-order valence-corrected chi connectivity index (χ2v) is 3.46. The van der Waals surface area contributed by atoms with Gasteiger partial charge in [-0.1, -0.05) is 0 Å². The van der Waals surface area contributed by atoms with Gasteiger partial charge >= 0.3 is 5.69 Å². The van der Waals surface area contributed by atoms with Crippen LogP contribution >= 0.6 is 0 Å². The van der Waals surface area contributed by atoms with Crippen LogP contribution < -0.4 is 16.0 Å². The Balaban J connectivity index is 2.25. The van der Waals surface area contributed by atoms with Crippen LogP contribution in [0.15, 0.2) is 6.20 Å². The number of rotatable bonds is 4. The predicted molar refractivity (Wildman–Crippen MR) is 54.8 cm³/mol. The molecule has 0 bridgehead atoms. The van der Waals surface area contributed by atoms with E-state index in [-0.39, 0.29) is 23.6 Å². The molecule has 8 nitrogen and oxygen atoms in total. The van der Waals surface area contributed by atoms with Crippen LogP contribution in [0.25, 0.3) is 0 Å². The second-order valence-electron chi connectivity index (χ2n) is 3.46. The smallest absolute Gasteiger partial charge is 0.349 e. The molecule has 2 rings (SSSR count). The summed E-state index contributed by atoms with van der Waals surface area (Å²) in [5, 5.41) is 10.7. The molecule has 1 heterocycles. The first kappa shape index (κ1) is 10.6. The number of hydrazine groups is 1. The third kappa shape index (κ3) is 2.01. The largest absolute Gasteiger partial charge is 0.469 e. The Morgan fingerprint density at radius 1 is 1.62 bits per heavy atom. The van der Waals surface area contributed by atoms with Gasteiger partial charge in [0.1, 0.15) is 12.3 Å². The number of nitrogen functional groups attached to an aromatic ring is 1. The summed E-state index contributed by atoms with van der Waals surface area (Å²) in [5.41, 5.74) is 1.97. The molecule has 86 valence electrons. The van der Waals surface area contributed by atoms with Crippen molar-refractivity contribution in [3.05, 3.63) is 16.3 Å². The molecule has 0 unspecified atom stereocenters. The van der Waals surface area contributed by atoms with E-state index in [9.17, 15) is 10.1 Å². The van der Waals surface area contributed by atoms with Gasteiger partial charge in [-0.3, -0.25) is 15.5 Å². The number of anilines is 1. The number of hydrogen-bond donors (Lipinski definition) is 2. The summed E-state index contributed by atoms with van der Waals surface area (Å²) in [5.74, 6) is 5.19. The summed E-state index contributed by atoms with van der Waals surface area (Å²) in [6.45, 7) is 0. The average Bonchev–Trinajstić information content (AvgIpc) is 2.22. The molecular weight excluding hydrogens is 214 g/mol. The molecule has 0 radical (unpaired) electrons. The summed E-state index contributed by atoms with van der Waals surface area (Å²) < 4.78 is 5.40. The molecule has 1 aromatic heterocycles. The van der Waals surface area contributed by atoms with Crippen LogP contribution in [0.2, 0.25) is 0 Å². The number of nitrogens with two attached hydrogens (primary N) is 1. The highest BCUT2D eigenvalue weighted by molar-refractivity contribution is 5.42. The van der Waals surface area contributed by atoms with Crippen molar-refractivity contribution in [1.29, 1.82) is 0 Å². The van der Waals surface area contributed by atoms with Crippen molar-refractivity contribution in [1.82, 2.24) is 9.97 Å². The molecule has 0 spiro atoms. The standard InChI is InChI=1S/C8H11N5O3/c9-12-8-10-4-6(13(14)15)7(11-8)16-5-2-1-3-5/h4-5H,1-3,9H2,(H,10,11,12). The first-order chi connectivity index (χ1) is 7.70. The number of ether oxygens (including phenoxy) is 1. The predicted octanol–water partition coefficient (Wildman–Crippen LogP) is 0.602. The van der Waals surface area contributed by atoms with Gasteiger partial charge in [-0.25, -0.2) is 10.8 Å². The van der Waals surface area contributed by atoms with Crippen LogP contribution in [0.4, 0.5) is 11.6 Å². The van der Waals surface area contributed by atoms with E-state index < -0.39 is 4.92 Å². The van der Waals surface area contributed by atoms with Crippen molar-refractivity contribution in [3.8, 4) is 5.88 Å². The van der Waals surface area contributed by atoms with Gasteiger partial charge in [0, 0.05) is 0 Å². The Bertz CT molecular complexity index is 407. The average molecular weight is 225 g/mol. The van der Waals surface area contributed by atoms with Crippen LogP contribution in [0, 0.1) is 10.1 Å². The van der Waals surface area contributed by atoms with Gasteiger partial charge in [-0.2, -0.15) is 4.98 Å². The van der Waals surface area contributed by atoms with Gasteiger partial charge in [0.2, 0.25) is 5.95 Å². The quantitative estimate of drug-likeness (QED) is 0.437. The fourth-order valence-electron chi connectivity index (χ4n) is 1.29. The minimum atomic E-state index is -0.575.